The van der Waals surface area contributed by atoms with Gasteiger partial charge in [-0.05, 0) is 43.5 Å². The molecular weight excluding hydrogens is 298 g/mol. The topological polar surface area (TPSA) is 45.2 Å². The molecule has 2 atom stereocenters. The normalized spacial score (nSPS) is 19.7. The largest absolute Gasteiger partial charge is 0.377 e. The van der Waals surface area contributed by atoms with Crippen LogP contribution >= 0.6 is 0 Å². The second-order valence-electron chi connectivity index (χ2n) is 6.35. The molecule has 2 heterocycles. The molecule has 0 radical (unpaired) electrons. The Kier molecular flexibility index (Phi) is 4.84. The van der Waals surface area contributed by atoms with Crippen LogP contribution in [0.5, 0.6) is 0 Å². The number of anilines is 2. The van der Waals surface area contributed by atoms with Crippen LogP contribution in [-0.2, 0) is 11.2 Å². The van der Waals surface area contributed by atoms with Gasteiger partial charge in [-0.2, -0.15) is 0 Å². The van der Waals surface area contributed by atoms with Gasteiger partial charge in [0.25, 0.3) is 0 Å². The van der Waals surface area contributed by atoms with Gasteiger partial charge in [-0.25, -0.2) is 0 Å². The molecule has 0 aliphatic carbocycles. The number of rotatable bonds is 4. The number of nitrogens with zero attached hydrogens (tertiary/aromatic N) is 2. The van der Waals surface area contributed by atoms with Gasteiger partial charge in [0.1, 0.15) is 0 Å². The zero-order chi connectivity index (χ0) is 17.1. The summed E-state index contributed by atoms with van der Waals surface area (Å²) in [7, 11) is 0. The summed E-state index contributed by atoms with van der Waals surface area (Å²) < 4.78 is 0. The van der Waals surface area contributed by atoms with E-state index in [0.717, 1.165) is 29.9 Å². The number of aryl methyl sites for hydroxylation is 1. The number of hydrogen-bond acceptors (Lipinski definition) is 3. The SMILES string of the molecule is CCC(=O)N1c2ccccc2C(Nc2ccc(CC)nc2)CC1C. The Morgan fingerprint density at radius 3 is 2.71 bits per heavy atom. The van der Waals surface area contributed by atoms with E-state index in [1.165, 1.54) is 5.56 Å². The van der Waals surface area contributed by atoms with Crippen LogP contribution in [0.1, 0.15) is 50.9 Å². The quantitative estimate of drug-likeness (QED) is 0.910. The Balaban J connectivity index is 1.90. The van der Waals surface area contributed by atoms with Crippen molar-refractivity contribution in [1.82, 2.24) is 4.98 Å². The third-order valence-electron chi connectivity index (χ3n) is 4.69. The number of carbonyl (C=O) groups excluding carboxylic acids is 1. The van der Waals surface area contributed by atoms with Crippen LogP contribution in [-0.4, -0.2) is 16.9 Å². The summed E-state index contributed by atoms with van der Waals surface area (Å²) in [6.45, 7) is 6.15. The van der Waals surface area contributed by atoms with Crippen molar-refractivity contribution in [2.24, 2.45) is 0 Å². The molecule has 126 valence electrons. The van der Waals surface area contributed by atoms with Crippen LogP contribution in [0.2, 0.25) is 0 Å². The minimum atomic E-state index is 0.174. The van der Waals surface area contributed by atoms with Crippen molar-refractivity contribution >= 4 is 17.3 Å². The fourth-order valence-corrected chi connectivity index (χ4v) is 3.42. The monoisotopic (exact) mass is 323 g/mol. The van der Waals surface area contributed by atoms with E-state index in [-0.39, 0.29) is 18.0 Å². The van der Waals surface area contributed by atoms with Gasteiger partial charge in [0, 0.05) is 23.8 Å². The first kappa shape index (κ1) is 16.5. The average molecular weight is 323 g/mol. The number of benzene rings is 1. The second-order valence-corrected chi connectivity index (χ2v) is 6.35. The van der Waals surface area contributed by atoms with Gasteiger partial charge in [0.15, 0.2) is 0 Å². The highest BCUT2D eigenvalue weighted by atomic mass is 16.2. The fourth-order valence-electron chi connectivity index (χ4n) is 3.42. The van der Waals surface area contributed by atoms with Crippen molar-refractivity contribution in [2.45, 2.75) is 52.1 Å². The lowest BCUT2D eigenvalue weighted by molar-refractivity contribution is -0.118. The van der Waals surface area contributed by atoms with Crippen molar-refractivity contribution in [2.75, 3.05) is 10.2 Å². The Morgan fingerprint density at radius 1 is 1.25 bits per heavy atom. The lowest BCUT2D eigenvalue weighted by Gasteiger charge is -2.40. The van der Waals surface area contributed by atoms with Crippen LogP contribution in [0.4, 0.5) is 11.4 Å². The Labute approximate surface area is 143 Å². The molecule has 0 fully saturated rings. The maximum absolute atomic E-state index is 12.4. The van der Waals surface area contributed by atoms with Crippen molar-refractivity contribution in [1.29, 1.82) is 0 Å². The number of para-hydroxylation sites is 1. The number of carbonyl (C=O) groups is 1. The summed E-state index contributed by atoms with van der Waals surface area (Å²) in [5.41, 5.74) is 4.32. The maximum atomic E-state index is 12.4. The van der Waals surface area contributed by atoms with Crippen LogP contribution in [0.15, 0.2) is 42.6 Å². The lowest BCUT2D eigenvalue weighted by Crippen LogP contribution is -2.44. The molecule has 1 amide bonds. The molecule has 1 aromatic heterocycles. The predicted octanol–water partition coefficient (Wildman–Crippen LogP) is 4.33. The number of pyridine rings is 1. The zero-order valence-corrected chi connectivity index (χ0v) is 14.6. The predicted molar refractivity (Wildman–Crippen MR) is 98.3 cm³/mol. The summed E-state index contributed by atoms with van der Waals surface area (Å²) in [4.78, 5) is 18.8. The van der Waals surface area contributed by atoms with Crippen molar-refractivity contribution in [3.8, 4) is 0 Å². The number of aromatic nitrogens is 1. The first-order valence-corrected chi connectivity index (χ1v) is 8.76. The van der Waals surface area contributed by atoms with Crippen molar-refractivity contribution in [3.05, 3.63) is 53.9 Å². The highest BCUT2D eigenvalue weighted by molar-refractivity contribution is 5.95. The van der Waals surface area contributed by atoms with Crippen LogP contribution in [0.3, 0.4) is 0 Å². The zero-order valence-electron chi connectivity index (χ0n) is 14.6. The Morgan fingerprint density at radius 2 is 2.04 bits per heavy atom. The smallest absolute Gasteiger partial charge is 0.226 e. The highest BCUT2D eigenvalue weighted by Crippen LogP contribution is 2.39. The van der Waals surface area contributed by atoms with E-state index in [2.05, 4.69) is 42.3 Å². The minimum Gasteiger partial charge on any atom is -0.377 e. The Bertz CT molecular complexity index is 711. The average Bonchev–Trinajstić information content (AvgIpc) is 2.62. The van der Waals surface area contributed by atoms with Gasteiger partial charge in [0.05, 0.1) is 17.9 Å². The molecule has 0 spiro atoms. The van der Waals surface area contributed by atoms with E-state index in [1.54, 1.807) is 0 Å². The maximum Gasteiger partial charge on any atom is 0.226 e. The molecule has 24 heavy (non-hydrogen) atoms. The number of nitrogens with one attached hydrogen (secondary N) is 1. The molecule has 1 aliphatic rings. The summed E-state index contributed by atoms with van der Waals surface area (Å²) in [5.74, 6) is 0.183. The van der Waals surface area contributed by atoms with E-state index >= 15 is 0 Å². The molecule has 2 aromatic rings. The molecule has 4 heteroatoms. The standard InChI is InChI=1S/C20H25N3O/c1-4-15-10-11-16(13-21-15)22-18-12-14(3)23(20(24)5-2)19-9-7-6-8-17(18)19/h6-11,13-14,18,22H,4-5,12H2,1-3H3. The van der Waals surface area contributed by atoms with Gasteiger partial charge in [-0.3, -0.25) is 9.78 Å². The molecule has 2 unspecified atom stereocenters. The number of fused-ring (bicyclic) bond motifs is 1. The third kappa shape index (κ3) is 3.14. The van der Waals surface area contributed by atoms with Crippen LogP contribution in [0.25, 0.3) is 0 Å². The molecule has 1 aromatic carbocycles. The number of hydrogen-bond donors (Lipinski definition) is 1. The fraction of sp³-hybridized carbons (Fsp3) is 0.400. The van der Waals surface area contributed by atoms with Crippen molar-refractivity contribution in [3.63, 3.8) is 0 Å². The van der Waals surface area contributed by atoms with E-state index in [4.69, 9.17) is 0 Å². The summed E-state index contributed by atoms with van der Waals surface area (Å²) in [5, 5.41) is 3.60. The molecule has 4 nitrogen and oxygen atoms in total. The molecule has 0 bridgehead atoms. The molecular formula is C20H25N3O. The van der Waals surface area contributed by atoms with Gasteiger partial charge in [-0.15, -0.1) is 0 Å². The number of amides is 1. The summed E-state index contributed by atoms with van der Waals surface area (Å²) in [6.07, 6.45) is 4.25. The van der Waals surface area contributed by atoms with Crippen LogP contribution < -0.4 is 10.2 Å². The molecule has 1 N–H and O–H groups in total. The third-order valence-corrected chi connectivity index (χ3v) is 4.69. The first-order valence-electron chi connectivity index (χ1n) is 8.76. The van der Waals surface area contributed by atoms with E-state index < -0.39 is 0 Å². The first-order chi connectivity index (χ1) is 11.6. The van der Waals surface area contributed by atoms with E-state index in [1.807, 2.05) is 36.2 Å². The molecule has 1 aliphatic heterocycles. The lowest BCUT2D eigenvalue weighted by atomic mass is 9.91. The van der Waals surface area contributed by atoms with Gasteiger partial charge >= 0.3 is 0 Å². The second kappa shape index (κ2) is 7.04. The summed E-state index contributed by atoms with van der Waals surface area (Å²) in [6, 6.07) is 12.7. The molecule has 3 rings (SSSR count). The Hall–Kier alpha value is -2.36. The summed E-state index contributed by atoms with van der Waals surface area (Å²) >= 11 is 0. The highest BCUT2D eigenvalue weighted by Gasteiger charge is 2.32. The minimum absolute atomic E-state index is 0.174. The van der Waals surface area contributed by atoms with Gasteiger partial charge in [0.2, 0.25) is 5.91 Å². The van der Waals surface area contributed by atoms with Gasteiger partial charge < -0.3 is 10.2 Å². The molecule has 0 saturated carbocycles. The van der Waals surface area contributed by atoms with E-state index in [0.29, 0.717) is 6.42 Å². The van der Waals surface area contributed by atoms with Crippen LogP contribution in [0, 0.1) is 0 Å². The van der Waals surface area contributed by atoms with E-state index in [9.17, 15) is 4.79 Å². The van der Waals surface area contributed by atoms with Gasteiger partial charge in [-0.1, -0.05) is 32.0 Å². The molecule has 0 saturated heterocycles. The van der Waals surface area contributed by atoms with Crippen molar-refractivity contribution < 1.29 is 4.79 Å².